The predicted octanol–water partition coefficient (Wildman–Crippen LogP) is 2.96. The zero-order valence-electron chi connectivity index (χ0n) is 11.8. The summed E-state index contributed by atoms with van der Waals surface area (Å²) in [5.74, 6) is 1.47. The van der Waals surface area contributed by atoms with Gasteiger partial charge in [-0.05, 0) is 24.5 Å². The Morgan fingerprint density at radius 3 is 3.20 bits per heavy atom. The van der Waals surface area contributed by atoms with Gasteiger partial charge in [0.15, 0.2) is 10.8 Å². The lowest BCUT2D eigenvalue weighted by Gasteiger charge is -2.36. The average molecular weight is 291 g/mol. The van der Waals surface area contributed by atoms with Crippen molar-refractivity contribution in [1.82, 2.24) is 9.88 Å². The summed E-state index contributed by atoms with van der Waals surface area (Å²) in [5, 5.41) is 3.10. The second-order valence-electron chi connectivity index (χ2n) is 5.48. The van der Waals surface area contributed by atoms with Crippen LogP contribution in [0.25, 0.3) is 10.8 Å². The zero-order valence-corrected chi connectivity index (χ0v) is 12.6. The molecule has 2 atom stereocenters. The molecule has 1 aliphatic rings. The highest BCUT2D eigenvalue weighted by atomic mass is 32.1. The van der Waals surface area contributed by atoms with Crippen LogP contribution in [0.1, 0.15) is 25.5 Å². The molecule has 2 aromatic rings. The number of nitrogens with two attached hydrogens (primary N) is 1. The smallest absolute Gasteiger partial charge is 0.162 e. The Hall–Kier alpha value is -1.17. The molecule has 0 bridgehead atoms. The highest BCUT2D eigenvalue weighted by molar-refractivity contribution is 7.13. The summed E-state index contributed by atoms with van der Waals surface area (Å²) >= 11 is 1.65. The Morgan fingerprint density at radius 1 is 1.55 bits per heavy atom. The Labute approximate surface area is 123 Å². The van der Waals surface area contributed by atoms with Crippen LogP contribution in [0.5, 0.6) is 0 Å². The van der Waals surface area contributed by atoms with Crippen LogP contribution < -0.4 is 5.73 Å². The van der Waals surface area contributed by atoms with Crippen LogP contribution in [0.2, 0.25) is 0 Å². The van der Waals surface area contributed by atoms with Crippen molar-refractivity contribution >= 4 is 11.3 Å². The van der Waals surface area contributed by atoms with Gasteiger partial charge in [0, 0.05) is 31.1 Å². The van der Waals surface area contributed by atoms with Gasteiger partial charge in [-0.2, -0.15) is 0 Å². The van der Waals surface area contributed by atoms with E-state index in [4.69, 9.17) is 10.2 Å². The Balaban J connectivity index is 1.64. The molecule has 0 spiro atoms. The van der Waals surface area contributed by atoms with E-state index in [1.807, 2.05) is 12.1 Å². The molecule has 1 aliphatic heterocycles. The van der Waals surface area contributed by atoms with E-state index in [0.717, 1.165) is 48.9 Å². The van der Waals surface area contributed by atoms with E-state index in [9.17, 15) is 0 Å². The quantitative estimate of drug-likeness (QED) is 0.941. The summed E-state index contributed by atoms with van der Waals surface area (Å²) in [6.07, 6.45) is 3.94. The maximum absolute atomic E-state index is 6.16. The van der Waals surface area contributed by atoms with Crippen molar-refractivity contribution in [3.05, 3.63) is 29.5 Å². The molecule has 3 rings (SSSR count). The number of likely N-dealkylation sites (tertiary alicyclic amines) is 1. The molecule has 4 nitrogen and oxygen atoms in total. The lowest BCUT2D eigenvalue weighted by atomic mass is 9.91. The minimum atomic E-state index is 0.366. The molecule has 5 heteroatoms. The van der Waals surface area contributed by atoms with Gasteiger partial charge in [-0.25, -0.2) is 4.98 Å². The third-order valence-electron chi connectivity index (χ3n) is 4.07. The number of rotatable bonds is 4. The summed E-state index contributed by atoms with van der Waals surface area (Å²) < 4.78 is 5.39. The van der Waals surface area contributed by atoms with Crippen LogP contribution in [-0.2, 0) is 6.54 Å². The minimum Gasteiger partial charge on any atom is -0.462 e. The largest absolute Gasteiger partial charge is 0.462 e. The van der Waals surface area contributed by atoms with Gasteiger partial charge in [-0.1, -0.05) is 13.3 Å². The molecule has 108 valence electrons. The number of hydrogen-bond acceptors (Lipinski definition) is 5. The average Bonchev–Trinajstić information content (AvgIpc) is 3.11. The highest BCUT2D eigenvalue weighted by Gasteiger charge is 2.25. The maximum Gasteiger partial charge on any atom is 0.162 e. The van der Waals surface area contributed by atoms with Crippen LogP contribution in [0.15, 0.2) is 28.2 Å². The standard InChI is InChI=1S/C15H21N3OS/c1-2-11-8-18(6-5-13(11)16)9-12-10-20-15(17-12)14-4-3-7-19-14/h3-4,7,10-11,13H,2,5-6,8-9,16H2,1H3. The molecule has 0 aliphatic carbocycles. The van der Waals surface area contributed by atoms with Gasteiger partial charge >= 0.3 is 0 Å². The first-order valence-corrected chi connectivity index (χ1v) is 8.10. The molecular formula is C15H21N3OS. The molecule has 2 aromatic heterocycles. The van der Waals surface area contributed by atoms with Gasteiger partial charge in [-0.15, -0.1) is 11.3 Å². The van der Waals surface area contributed by atoms with Gasteiger partial charge in [0.1, 0.15) is 0 Å². The van der Waals surface area contributed by atoms with Crippen LogP contribution in [0, 0.1) is 5.92 Å². The first-order valence-electron chi connectivity index (χ1n) is 7.22. The molecule has 0 saturated carbocycles. The third kappa shape index (κ3) is 2.95. The maximum atomic E-state index is 6.16. The van der Waals surface area contributed by atoms with Crippen molar-refractivity contribution in [2.24, 2.45) is 11.7 Å². The van der Waals surface area contributed by atoms with Crippen molar-refractivity contribution < 1.29 is 4.42 Å². The number of piperidine rings is 1. The third-order valence-corrected chi connectivity index (χ3v) is 4.98. The Bertz CT molecular complexity index is 537. The number of aromatic nitrogens is 1. The second-order valence-corrected chi connectivity index (χ2v) is 6.34. The van der Waals surface area contributed by atoms with Crippen molar-refractivity contribution in [3.8, 4) is 10.8 Å². The van der Waals surface area contributed by atoms with Crippen LogP contribution >= 0.6 is 11.3 Å². The van der Waals surface area contributed by atoms with E-state index in [2.05, 4.69) is 22.2 Å². The van der Waals surface area contributed by atoms with Gasteiger partial charge in [0.05, 0.1) is 12.0 Å². The van der Waals surface area contributed by atoms with Gasteiger partial charge in [0.25, 0.3) is 0 Å². The van der Waals surface area contributed by atoms with E-state index in [-0.39, 0.29) is 0 Å². The van der Waals surface area contributed by atoms with Gasteiger partial charge in [0.2, 0.25) is 0 Å². The molecule has 3 heterocycles. The molecule has 0 amide bonds. The summed E-state index contributed by atoms with van der Waals surface area (Å²) in [6, 6.07) is 4.22. The van der Waals surface area contributed by atoms with Crippen molar-refractivity contribution in [2.75, 3.05) is 13.1 Å². The molecule has 2 unspecified atom stereocenters. The lowest BCUT2D eigenvalue weighted by Crippen LogP contribution is -2.46. The van der Waals surface area contributed by atoms with E-state index in [0.29, 0.717) is 12.0 Å². The fraction of sp³-hybridized carbons (Fsp3) is 0.533. The Morgan fingerprint density at radius 2 is 2.45 bits per heavy atom. The van der Waals surface area contributed by atoms with Crippen molar-refractivity contribution in [3.63, 3.8) is 0 Å². The number of nitrogens with zero attached hydrogens (tertiary/aromatic N) is 2. The van der Waals surface area contributed by atoms with Crippen molar-refractivity contribution in [1.29, 1.82) is 0 Å². The monoisotopic (exact) mass is 291 g/mol. The highest BCUT2D eigenvalue weighted by Crippen LogP contribution is 2.26. The predicted molar refractivity (Wildman–Crippen MR) is 81.5 cm³/mol. The SMILES string of the molecule is CCC1CN(Cc2csc(-c3ccco3)n2)CCC1N. The molecular weight excluding hydrogens is 270 g/mol. The van der Waals surface area contributed by atoms with Gasteiger partial charge < -0.3 is 10.2 Å². The first-order chi connectivity index (χ1) is 9.76. The fourth-order valence-electron chi connectivity index (χ4n) is 2.82. The number of furan rings is 1. The van der Waals surface area contributed by atoms with E-state index in [1.165, 1.54) is 0 Å². The summed E-state index contributed by atoms with van der Waals surface area (Å²) in [4.78, 5) is 7.14. The zero-order chi connectivity index (χ0) is 13.9. The van der Waals surface area contributed by atoms with Crippen LogP contribution in [-0.4, -0.2) is 29.0 Å². The van der Waals surface area contributed by atoms with E-state index in [1.54, 1.807) is 17.6 Å². The summed E-state index contributed by atoms with van der Waals surface area (Å²) in [7, 11) is 0. The van der Waals surface area contributed by atoms with Gasteiger partial charge in [-0.3, -0.25) is 4.90 Å². The molecule has 20 heavy (non-hydrogen) atoms. The molecule has 1 saturated heterocycles. The molecule has 2 N–H and O–H groups in total. The summed E-state index contributed by atoms with van der Waals surface area (Å²) in [5.41, 5.74) is 7.29. The molecule has 1 fully saturated rings. The Kier molecular flexibility index (Phi) is 4.19. The molecule has 0 radical (unpaired) electrons. The topological polar surface area (TPSA) is 55.3 Å². The van der Waals surface area contributed by atoms with Crippen LogP contribution in [0.4, 0.5) is 0 Å². The van der Waals surface area contributed by atoms with Crippen LogP contribution in [0.3, 0.4) is 0 Å². The van der Waals surface area contributed by atoms with E-state index >= 15 is 0 Å². The fourth-order valence-corrected chi connectivity index (χ4v) is 3.60. The number of thiazole rings is 1. The normalized spacial score (nSPS) is 24.1. The minimum absolute atomic E-state index is 0.366. The first kappa shape index (κ1) is 13.8. The number of hydrogen-bond donors (Lipinski definition) is 1. The molecule has 0 aromatic carbocycles. The summed E-state index contributed by atoms with van der Waals surface area (Å²) in [6.45, 7) is 5.31. The lowest BCUT2D eigenvalue weighted by molar-refractivity contribution is 0.144. The second kappa shape index (κ2) is 6.08. The van der Waals surface area contributed by atoms with E-state index < -0.39 is 0 Å². The van der Waals surface area contributed by atoms with Crippen molar-refractivity contribution in [2.45, 2.75) is 32.4 Å².